The Morgan fingerprint density at radius 3 is 2.23 bits per heavy atom. The summed E-state index contributed by atoms with van der Waals surface area (Å²) in [5, 5.41) is 46.0. The van der Waals surface area contributed by atoms with E-state index < -0.39 is 50.9 Å². The van der Waals surface area contributed by atoms with Crippen molar-refractivity contribution in [2.45, 2.75) is 105 Å². The number of ketones is 3. The van der Waals surface area contributed by atoms with E-state index in [9.17, 15) is 34.8 Å². The molecule has 3 atom stereocenters. The lowest BCUT2D eigenvalue weighted by Crippen LogP contribution is -2.65. The zero-order valence-electron chi connectivity index (χ0n) is 24.4. The molecule has 7 heteroatoms. The summed E-state index contributed by atoms with van der Waals surface area (Å²) in [5.41, 5.74) is -2.85. The highest BCUT2D eigenvalue weighted by Crippen LogP contribution is 2.63. The van der Waals surface area contributed by atoms with Crippen LogP contribution in [0.25, 0.3) is 5.76 Å². The Kier molecular flexibility index (Phi) is 6.74. The molecular formula is C32H42O7. The molecule has 7 nitrogen and oxygen atoms in total. The van der Waals surface area contributed by atoms with Crippen LogP contribution in [0.4, 0.5) is 0 Å². The molecule has 4 rings (SSSR count). The van der Waals surface area contributed by atoms with Crippen LogP contribution in [0.2, 0.25) is 0 Å². The Labute approximate surface area is 230 Å². The molecule has 0 amide bonds. The van der Waals surface area contributed by atoms with Gasteiger partial charge in [-0.05, 0) is 67.1 Å². The second-order valence-corrected chi connectivity index (χ2v) is 14.0. The molecule has 3 aliphatic carbocycles. The molecule has 0 spiro atoms. The minimum Gasteiger partial charge on any atom is -0.508 e. The molecule has 0 radical (unpaired) electrons. The van der Waals surface area contributed by atoms with Crippen LogP contribution in [0.1, 0.15) is 109 Å². The van der Waals surface area contributed by atoms with E-state index in [4.69, 9.17) is 0 Å². The fraction of sp³-hybridized carbons (Fsp3) is 0.594. The highest BCUT2D eigenvalue weighted by Gasteiger charge is 2.68. The summed E-state index contributed by atoms with van der Waals surface area (Å²) in [4.78, 5) is 39.3. The number of Topliss-reactive ketones (excluding diaryl/α,β-unsaturated/α-hetero) is 3. The van der Waals surface area contributed by atoms with E-state index in [1.54, 1.807) is 6.92 Å². The molecule has 0 bridgehead atoms. The number of allylic oxidation sites excluding steroid dienone is 1. The summed E-state index contributed by atoms with van der Waals surface area (Å²) >= 11 is 0. The number of hydrogen-bond donors (Lipinski definition) is 4. The van der Waals surface area contributed by atoms with Gasteiger partial charge in [-0.2, -0.15) is 0 Å². The third-order valence-electron chi connectivity index (χ3n) is 9.13. The maximum Gasteiger partial charge on any atom is 0.203 e. The molecule has 3 aliphatic rings. The number of aryl methyl sites for hydroxylation is 1. The molecule has 39 heavy (non-hydrogen) atoms. The van der Waals surface area contributed by atoms with E-state index in [2.05, 4.69) is 20.8 Å². The van der Waals surface area contributed by atoms with Gasteiger partial charge in [-0.1, -0.05) is 54.5 Å². The highest BCUT2D eigenvalue weighted by atomic mass is 16.3. The van der Waals surface area contributed by atoms with Crippen LogP contribution in [-0.4, -0.2) is 43.4 Å². The van der Waals surface area contributed by atoms with Gasteiger partial charge in [-0.15, -0.1) is 0 Å². The summed E-state index contributed by atoms with van der Waals surface area (Å²) in [5.74, 6) is -3.65. The summed E-state index contributed by atoms with van der Waals surface area (Å²) in [6, 6.07) is 2.00. The summed E-state index contributed by atoms with van der Waals surface area (Å²) in [6.45, 7) is 15.0. The van der Waals surface area contributed by atoms with Crippen molar-refractivity contribution in [1.29, 1.82) is 0 Å². The number of phenolic OH excluding ortho intramolecular Hbond substituents is 1. The molecule has 0 saturated heterocycles. The van der Waals surface area contributed by atoms with Crippen LogP contribution in [0.15, 0.2) is 23.0 Å². The number of carbonyl (C=O) groups is 3. The average Bonchev–Trinajstić information content (AvgIpc) is 2.76. The number of benzene rings is 1. The smallest absolute Gasteiger partial charge is 0.203 e. The largest absolute Gasteiger partial charge is 0.508 e. The summed E-state index contributed by atoms with van der Waals surface area (Å²) in [6.07, 6.45) is 2.49. The van der Waals surface area contributed by atoms with E-state index in [0.29, 0.717) is 18.4 Å². The molecule has 0 aliphatic heterocycles. The summed E-state index contributed by atoms with van der Waals surface area (Å²) in [7, 11) is 0. The topological polar surface area (TPSA) is 132 Å². The van der Waals surface area contributed by atoms with Gasteiger partial charge in [0.2, 0.25) is 5.78 Å². The SMILES string of the molecule is CC(=O)C1=C(O)[C@]2(O)C(=O)C3=C(O)c4c(O)c(CCCC(C)(C)C)cc(C(C)C)c4C[C@]3(C)C[C@]2(C)CC1=O. The molecule has 212 valence electrons. The van der Waals surface area contributed by atoms with Crippen LogP contribution < -0.4 is 0 Å². The number of hydrogen-bond acceptors (Lipinski definition) is 7. The van der Waals surface area contributed by atoms with Gasteiger partial charge in [0.05, 0.1) is 5.56 Å². The predicted octanol–water partition coefficient (Wildman–Crippen LogP) is 5.80. The number of carbonyl (C=O) groups excluding carboxylic acids is 3. The molecule has 1 fully saturated rings. The standard InChI is InChI=1S/C32H42O7/c1-16(2)19-12-18(10-9-11-29(4,5)6)25(35)23-20(19)13-30(7)15-31(8)14-21(34)22(17(3)33)27(37)32(31,39)28(38)24(30)26(23)36/h12,16,35-37,39H,9-11,13-15H2,1-8H3/t30-,31+,32+/m1/s1. The van der Waals surface area contributed by atoms with Crippen molar-refractivity contribution in [3.8, 4) is 5.75 Å². The van der Waals surface area contributed by atoms with Crippen LogP contribution in [0.3, 0.4) is 0 Å². The van der Waals surface area contributed by atoms with Crippen molar-refractivity contribution >= 4 is 23.1 Å². The molecule has 0 aromatic heterocycles. The third-order valence-corrected chi connectivity index (χ3v) is 9.13. The first-order chi connectivity index (χ1) is 17.8. The molecule has 0 unspecified atom stereocenters. The fourth-order valence-corrected chi connectivity index (χ4v) is 7.32. The third kappa shape index (κ3) is 4.24. The number of fused-ring (bicyclic) bond motifs is 3. The van der Waals surface area contributed by atoms with Gasteiger partial charge in [-0.3, -0.25) is 14.4 Å². The molecule has 1 aromatic carbocycles. The van der Waals surface area contributed by atoms with Gasteiger partial charge in [0, 0.05) is 22.8 Å². The molecule has 4 N–H and O–H groups in total. The van der Waals surface area contributed by atoms with Crippen LogP contribution in [0, 0.1) is 16.2 Å². The molecule has 0 heterocycles. The van der Waals surface area contributed by atoms with Crippen molar-refractivity contribution in [2.75, 3.05) is 0 Å². The van der Waals surface area contributed by atoms with Gasteiger partial charge >= 0.3 is 0 Å². The number of aliphatic hydroxyl groups is 3. The van der Waals surface area contributed by atoms with Crippen LogP contribution >= 0.6 is 0 Å². The fourth-order valence-electron chi connectivity index (χ4n) is 7.32. The van der Waals surface area contributed by atoms with Crippen molar-refractivity contribution in [1.82, 2.24) is 0 Å². The van der Waals surface area contributed by atoms with Crippen molar-refractivity contribution in [3.63, 3.8) is 0 Å². The maximum atomic E-state index is 14.2. The molecule has 1 aromatic rings. The van der Waals surface area contributed by atoms with Crippen molar-refractivity contribution in [3.05, 3.63) is 45.2 Å². The Morgan fingerprint density at radius 2 is 1.69 bits per heavy atom. The second-order valence-electron chi connectivity index (χ2n) is 14.0. The first kappa shape index (κ1) is 29.1. The average molecular weight is 539 g/mol. The lowest BCUT2D eigenvalue weighted by Gasteiger charge is -2.56. The Bertz CT molecular complexity index is 1360. The normalized spacial score (nSPS) is 29.0. The number of rotatable bonds is 5. The van der Waals surface area contributed by atoms with Gasteiger partial charge in [0.1, 0.15) is 22.8 Å². The molecular weight excluding hydrogens is 496 g/mol. The maximum absolute atomic E-state index is 14.2. The first-order valence-corrected chi connectivity index (χ1v) is 13.9. The van der Waals surface area contributed by atoms with Crippen LogP contribution in [-0.2, 0) is 27.2 Å². The second kappa shape index (κ2) is 9.05. The lowest BCUT2D eigenvalue weighted by molar-refractivity contribution is -0.164. The van der Waals surface area contributed by atoms with E-state index in [1.807, 2.05) is 26.8 Å². The number of phenols is 1. The summed E-state index contributed by atoms with van der Waals surface area (Å²) < 4.78 is 0. The Hall–Kier alpha value is -2.93. The van der Waals surface area contributed by atoms with Crippen molar-refractivity contribution in [2.24, 2.45) is 16.2 Å². The lowest BCUT2D eigenvalue weighted by atomic mass is 9.47. The number of aliphatic hydroxyl groups excluding tert-OH is 2. The van der Waals surface area contributed by atoms with Crippen LogP contribution in [0.5, 0.6) is 5.75 Å². The number of aromatic hydroxyl groups is 1. The minimum absolute atomic E-state index is 0.0758. The highest BCUT2D eigenvalue weighted by molar-refractivity contribution is 6.23. The van der Waals surface area contributed by atoms with Gasteiger partial charge in [0.25, 0.3) is 0 Å². The Morgan fingerprint density at radius 1 is 1.08 bits per heavy atom. The van der Waals surface area contributed by atoms with Gasteiger partial charge in [0.15, 0.2) is 17.2 Å². The first-order valence-electron chi connectivity index (χ1n) is 13.9. The van der Waals surface area contributed by atoms with E-state index in [0.717, 1.165) is 30.9 Å². The van der Waals surface area contributed by atoms with Gasteiger partial charge in [-0.25, -0.2) is 0 Å². The van der Waals surface area contributed by atoms with Crippen molar-refractivity contribution < 1.29 is 34.8 Å². The molecule has 1 saturated carbocycles. The zero-order chi connectivity index (χ0) is 29.5. The Balaban J connectivity index is 1.95. The van der Waals surface area contributed by atoms with E-state index >= 15 is 0 Å². The quantitative estimate of drug-likeness (QED) is 0.348. The predicted molar refractivity (Wildman–Crippen MR) is 149 cm³/mol. The van der Waals surface area contributed by atoms with E-state index in [1.165, 1.54) is 0 Å². The van der Waals surface area contributed by atoms with Gasteiger partial charge < -0.3 is 20.4 Å². The zero-order valence-corrected chi connectivity index (χ0v) is 24.4. The van der Waals surface area contributed by atoms with E-state index in [-0.39, 0.29) is 41.1 Å². The monoisotopic (exact) mass is 538 g/mol. The minimum atomic E-state index is -2.55.